The normalized spacial score (nSPS) is 13.5. The van der Waals surface area contributed by atoms with Crippen molar-refractivity contribution in [3.8, 4) is 23.0 Å². The maximum Gasteiger partial charge on any atom is 0.265 e. The van der Waals surface area contributed by atoms with E-state index in [2.05, 4.69) is 49.1 Å². The van der Waals surface area contributed by atoms with Gasteiger partial charge in [0.2, 0.25) is 0 Å². The van der Waals surface area contributed by atoms with Gasteiger partial charge >= 0.3 is 0 Å². The molecule has 2 aliphatic heterocycles. The molecule has 0 unspecified atom stereocenters. The number of nitrogens with zero attached hydrogens (tertiary/aromatic N) is 2. The van der Waals surface area contributed by atoms with Gasteiger partial charge in [-0.05, 0) is 97.0 Å². The van der Waals surface area contributed by atoms with E-state index in [9.17, 15) is 9.59 Å². The fourth-order valence-corrected chi connectivity index (χ4v) is 6.05. The van der Waals surface area contributed by atoms with E-state index >= 15 is 0 Å². The van der Waals surface area contributed by atoms with Crippen molar-refractivity contribution in [2.24, 2.45) is 0 Å². The number of aryl methyl sites for hydroxylation is 2. The molecule has 6 rings (SSSR count). The lowest BCUT2D eigenvalue weighted by atomic mass is 10.1. The van der Waals surface area contributed by atoms with E-state index in [4.69, 9.17) is 18.9 Å². The van der Waals surface area contributed by atoms with E-state index in [1.807, 2.05) is 38.1 Å². The number of amides is 2. The van der Waals surface area contributed by atoms with Crippen LogP contribution in [0.3, 0.4) is 0 Å². The second-order valence-electron chi connectivity index (χ2n) is 12.2. The highest BCUT2D eigenvalue weighted by molar-refractivity contribution is 6.22. The summed E-state index contributed by atoms with van der Waals surface area (Å²) < 4.78 is 22.1. The number of imide groups is 1. The molecule has 8 nitrogen and oxygen atoms in total. The smallest absolute Gasteiger partial charge is 0.265 e. The van der Waals surface area contributed by atoms with Crippen molar-refractivity contribution in [1.29, 1.82) is 0 Å². The topological polar surface area (TPSA) is 77.5 Å². The third kappa shape index (κ3) is 7.66. The van der Waals surface area contributed by atoms with Gasteiger partial charge in [-0.3, -0.25) is 19.4 Å². The van der Waals surface area contributed by atoms with Crippen LogP contribution in [0.15, 0.2) is 72.8 Å². The minimum Gasteiger partial charge on any atom is -0.497 e. The fraction of sp³-hybridized carbons (Fsp3) is 0.350. The number of fused-ring (bicyclic) bond motifs is 2. The van der Waals surface area contributed by atoms with Crippen molar-refractivity contribution >= 4 is 11.8 Å². The molecule has 0 spiro atoms. The molecule has 48 heavy (non-hydrogen) atoms. The van der Waals surface area contributed by atoms with Gasteiger partial charge in [-0.25, -0.2) is 0 Å². The average Bonchev–Trinajstić information content (AvgIpc) is 3.62. The van der Waals surface area contributed by atoms with Gasteiger partial charge in [0.05, 0.1) is 45.1 Å². The zero-order valence-corrected chi connectivity index (χ0v) is 28.9. The van der Waals surface area contributed by atoms with Gasteiger partial charge in [0.15, 0.2) is 0 Å². The van der Waals surface area contributed by atoms with Crippen molar-refractivity contribution in [2.45, 2.75) is 66.7 Å². The molecule has 0 fully saturated rings. The molecule has 4 aromatic carbocycles. The molecule has 0 N–H and O–H groups in total. The van der Waals surface area contributed by atoms with Gasteiger partial charge in [0, 0.05) is 25.2 Å². The van der Waals surface area contributed by atoms with Gasteiger partial charge < -0.3 is 18.9 Å². The van der Waals surface area contributed by atoms with Gasteiger partial charge in [-0.2, -0.15) is 0 Å². The summed E-state index contributed by atoms with van der Waals surface area (Å²) in [5.41, 5.74) is 8.04. The molecule has 4 aromatic rings. The number of hydrogen-bond acceptors (Lipinski definition) is 7. The van der Waals surface area contributed by atoms with E-state index in [1.165, 1.54) is 27.2 Å². The van der Waals surface area contributed by atoms with Crippen LogP contribution in [-0.4, -0.2) is 49.0 Å². The van der Waals surface area contributed by atoms with E-state index < -0.39 is 0 Å². The van der Waals surface area contributed by atoms with Crippen LogP contribution in [0.25, 0.3) is 0 Å². The van der Waals surface area contributed by atoms with Crippen LogP contribution in [0, 0.1) is 13.8 Å². The molecular formula is C40H46N2O6. The van der Waals surface area contributed by atoms with Gasteiger partial charge in [-0.1, -0.05) is 44.2 Å². The summed E-state index contributed by atoms with van der Waals surface area (Å²) in [7, 11) is 3.32. The molecule has 0 radical (unpaired) electrons. The van der Waals surface area contributed by atoms with Crippen molar-refractivity contribution < 1.29 is 28.5 Å². The summed E-state index contributed by atoms with van der Waals surface area (Å²) in [5, 5.41) is 0. The quantitative estimate of drug-likeness (QED) is 0.144. The van der Waals surface area contributed by atoms with Crippen molar-refractivity contribution in [2.75, 3.05) is 27.4 Å². The predicted octanol–water partition coefficient (Wildman–Crippen LogP) is 7.90. The number of carbonyl (C=O) groups is 2. The van der Waals surface area contributed by atoms with Crippen LogP contribution in [0.4, 0.5) is 0 Å². The summed E-state index contributed by atoms with van der Waals surface area (Å²) in [6.07, 6.45) is 1.87. The maximum absolute atomic E-state index is 12.8. The monoisotopic (exact) mass is 650 g/mol. The Kier molecular flexibility index (Phi) is 11.4. The van der Waals surface area contributed by atoms with Gasteiger partial charge in [0.1, 0.15) is 23.0 Å². The number of rotatable bonds is 12. The Morgan fingerprint density at radius 3 is 1.85 bits per heavy atom. The van der Waals surface area contributed by atoms with Crippen LogP contribution < -0.4 is 18.9 Å². The molecule has 0 atom stereocenters. The lowest BCUT2D eigenvalue weighted by Gasteiger charge is -2.17. The third-order valence-corrected chi connectivity index (χ3v) is 8.71. The average molecular weight is 651 g/mol. The number of hydrogen-bond donors (Lipinski definition) is 0. The highest BCUT2D eigenvalue weighted by Gasteiger charge is 2.38. The molecular weight excluding hydrogens is 604 g/mol. The zero-order valence-electron chi connectivity index (χ0n) is 28.9. The zero-order chi connectivity index (χ0) is 34.2. The second-order valence-corrected chi connectivity index (χ2v) is 12.2. The summed E-state index contributed by atoms with van der Waals surface area (Å²) >= 11 is 0. The Hall–Kier alpha value is -4.82. The van der Waals surface area contributed by atoms with Crippen LogP contribution in [0.1, 0.15) is 80.8 Å². The first kappa shape index (κ1) is 34.5. The Morgan fingerprint density at radius 2 is 1.25 bits per heavy atom. The molecule has 2 aliphatic rings. The first-order valence-electron chi connectivity index (χ1n) is 16.6. The van der Waals surface area contributed by atoms with Gasteiger partial charge in [-0.15, -0.1) is 0 Å². The SMILES string of the molecule is CCCOc1cccc2c1C(=O)N(Cc1ccc(OC)cc1C)C2=O.CCCOc1cccc2c1CN(Cc1ccc(OC)cc1C)C2. The minimum absolute atomic E-state index is 0.232. The molecule has 8 heteroatoms. The largest absolute Gasteiger partial charge is 0.497 e. The van der Waals surface area contributed by atoms with E-state index in [1.54, 1.807) is 32.4 Å². The first-order valence-corrected chi connectivity index (χ1v) is 16.6. The van der Waals surface area contributed by atoms with Crippen LogP contribution in [0.5, 0.6) is 23.0 Å². The molecule has 2 heterocycles. The molecule has 0 aliphatic carbocycles. The molecule has 0 saturated carbocycles. The molecule has 2 amide bonds. The summed E-state index contributed by atoms with van der Waals surface area (Å²) in [5.74, 6) is 2.62. The van der Waals surface area contributed by atoms with E-state index in [-0.39, 0.29) is 18.4 Å². The highest BCUT2D eigenvalue weighted by Crippen LogP contribution is 2.34. The Balaban J connectivity index is 0.000000188. The summed E-state index contributed by atoms with van der Waals surface area (Å²) in [6.45, 7) is 12.7. The Morgan fingerprint density at radius 1 is 0.667 bits per heavy atom. The molecule has 0 aromatic heterocycles. The number of methoxy groups -OCH3 is 2. The minimum atomic E-state index is -0.304. The van der Waals surface area contributed by atoms with Crippen molar-refractivity contribution in [3.63, 3.8) is 0 Å². The van der Waals surface area contributed by atoms with Crippen LogP contribution >= 0.6 is 0 Å². The number of ether oxygens (including phenoxy) is 4. The Labute approximate surface area is 284 Å². The third-order valence-electron chi connectivity index (χ3n) is 8.71. The fourth-order valence-electron chi connectivity index (χ4n) is 6.05. The molecule has 0 saturated heterocycles. The summed E-state index contributed by atoms with van der Waals surface area (Å²) in [6, 6.07) is 23.5. The molecule has 252 valence electrons. The van der Waals surface area contributed by atoms with Crippen LogP contribution in [-0.2, 0) is 26.2 Å². The lowest BCUT2D eigenvalue weighted by Crippen LogP contribution is -2.29. The van der Waals surface area contributed by atoms with Crippen molar-refractivity contribution in [3.05, 3.63) is 117 Å². The lowest BCUT2D eigenvalue weighted by molar-refractivity contribution is 0.0641. The maximum atomic E-state index is 12.8. The standard InChI is InChI=1S/C20H21NO4.C20H25NO2/c1-4-10-25-17-7-5-6-16-18(17)20(23)21(19(16)22)12-14-8-9-15(24-3)11-13(14)2;1-4-10-23-20-7-5-6-17-13-21(14-19(17)20)12-16-8-9-18(22-3)11-15(16)2/h5-9,11H,4,10,12H2,1-3H3;5-9,11H,4,10,12-14H2,1-3H3. The van der Waals surface area contributed by atoms with E-state index in [0.29, 0.717) is 23.5 Å². The summed E-state index contributed by atoms with van der Waals surface area (Å²) in [4.78, 5) is 29.3. The second kappa shape index (κ2) is 15.8. The van der Waals surface area contributed by atoms with E-state index in [0.717, 1.165) is 67.5 Å². The number of carbonyl (C=O) groups excluding carboxylic acids is 2. The number of benzene rings is 4. The molecule has 0 bridgehead atoms. The Bertz CT molecular complexity index is 1770. The van der Waals surface area contributed by atoms with Crippen molar-refractivity contribution in [1.82, 2.24) is 9.80 Å². The first-order chi connectivity index (χ1) is 23.3. The predicted molar refractivity (Wildman–Crippen MR) is 187 cm³/mol. The van der Waals surface area contributed by atoms with Gasteiger partial charge in [0.25, 0.3) is 11.8 Å². The highest BCUT2D eigenvalue weighted by atomic mass is 16.5. The van der Waals surface area contributed by atoms with Crippen LogP contribution in [0.2, 0.25) is 0 Å².